The summed E-state index contributed by atoms with van der Waals surface area (Å²) in [5.41, 5.74) is 2.89. The second-order valence-electron chi connectivity index (χ2n) is 6.61. The topological polar surface area (TPSA) is 46.2 Å². The van der Waals surface area contributed by atoms with Crippen molar-refractivity contribution in [1.82, 2.24) is 15.6 Å². The monoisotopic (exact) mass is 343 g/mol. The number of hydrogen-bond donors (Lipinski definition) is 2. The van der Waals surface area contributed by atoms with E-state index in [-0.39, 0.29) is 0 Å². The Bertz CT molecular complexity index is 699. The number of halogens is 1. The molecule has 1 fully saturated rings. The quantitative estimate of drug-likeness (QED) is 0.788. The molecule has 2 N–H and O–H groups in total. The fraction of sp³-hybridized carbons (Fsp3) is 0.450. The lowest BCUT2D eigenvalue weighted by Gasteiger charge is -2.29. The molecular weight excluding hydrogens is 317 g/mol. The lowest BCUT2D eigenvalue weighted by Crippen LogP contribution is -2.38. The van der Waals surface area contributed by atoms with E-state index in [0.717, 1.165) is 29.0 Å². The minimum atomic E-state index is -0.464. The molecule has 0 atom stereocenters. The van der Waals surface area contributed by atoms with Crippen molar-refractivity contribution in [3.05, 3.63) is 48.0 Å². The molecule has 0 saturated heterocycles. The number of nitrogens with one attached hydrogen (secondary N) is 2. The highest BCUT2D eigenvalue weighted by molar-refractivity contribution is 5.65. The minimum Gasteiger partial charge on any atom is -0.496 e. The number of pyridine rings is 1. The van der Waals surface area contributed by atoms with Crippen LogP contribution in [0, 0.1) is 5.95 Å². The summed E-state index contributed by atoms with van der Waals surface area (Å²) in [6.07, 6.45) is 6.28. The van der Waals surface area contributed by atoms with Crippen LogP contribution in [0.3, 0.4) is 0 Å². The van der Waals surface area contributed by atoms with Crippen molar-refractivity contribution in [3.63, 3.8) is 0 Å². The highest BCUT2D eigenvalue weighted by Crippen LogP contribution is 2.27. The van der Waals surface area contributed by atoms with Crippen LogP contribution in [-0.2, 0) is 6.54 Å². The molecule has 5 heteroatoms. The smallest absolute Gasteiger partial charge is 0.213 e. The SMILES string of the molecule is CNC1CCC(NCc2cc(-c3ccnc(F)c3)ccc2OC)CC1. The molecular formula is C20H26FN3O. The second kappa shape index (κ2) is 8.41. The number of rotatable bonds is 6. The normalized spacial score (nSPS) is 20.4. The molecule has 0 aliphatic heterocycles. The van der Waals surface area contributed by atoms with Crippen LogP contribution in [0.15, 0.2) is 36.5 Å². The van der Waals surface area contributed by atoms with Crippen molar-refractivity contribution in [1.29, 1.82) is 0 Å². The van der Waals surface area contributed by atoms with Crippen molar-refractivity contribution >= 4 is 0 Å². The molecule has 134 valence electrons. The maximum atomic E-state index is 13.4. The van der Waals surface area contributed by atoms with Gasteiger partial charge in [-0.3, -0.25) is 0 Å². The first-order valence-corrected chi connectivity index (χ1v) is 8.89. The van der Waals surface area contributed by atoms with Crippen LogP contribution in [0.2, 0.25) is 0 Å². The van der Waals surface area contributed by atoms with Crippen molar-refractivity contribution in [2.45, 2.75) is 44.3 Å². The molecule has 25 heavy (non-hydrogen) atoms. The average molecular weight is 343 g/mol. The van der Waals surface area contributed by atoms with Gasteiger partial charge in [0.25, 0.3) is 0 Å². The molecule has 0 radical (unpaired) electrons. The van der Waals surface area contributed by atoms with Gasteiger partial charge in [0.2, 0.25) is 5.95 Å². The van der Waals surface area contributed by atoms with Gasteiger partial charge in [-0.1, -0.05) is 6.07 Å². The van der Waals surface area contributed by atoms with Crippen molar-refractivity contribution in [2.24, 2.45) is 0 Å². The Balaban J connectivity index is 1.70. The molecule has 1 aromatic carbocycles. The standard InChI is InChI=1S/C20H26FN3O/c1-22-17-4-6-18(7-5-17)24-13-16-11-14(3-8-19(16)25-2)15-9-10-23-20(21)12-15/h3,8-12,17-18,22,24H,4-7,13H2,1-2H3. The Morgan fingerprint density at radius 1 is 1.08 bits per heavy atom. The van der Waals surface area contributed by atoms with Gasteiger partial charge in [0.05, 0.1) is 7.11 Å². The number of ether oxygens (including phenoxy) is 1. The molecule has 1 aliphatic carbocycles. The number of methoxy groups -OCH3 is 1. The number of hydrogen-bond acceptors (Lipinski definition) is 4. The van der Waals surface area contributed by atoms with Crippen LogP contribution in [0.1, 0.15) is 31.2 Å². The zero-order valence-electron chi connectivity index (χ0n) is 14.9. The third kappa shape index (κ3) is 4.55. The minimum absolute atomic E-state index is 0.464. The summed E-state index contributed by atoms with van der Waals surface area (Å²) in [6.45, 7) is 0.749. The van der Waals surface area contributed by atoms with Crippen molar-refractivity contribution in [3.8, 4) is 16.9 Å². The van der Waals surface area contributed by atoms with Crippen LogP contribution < -0.4 is 15.4 Å². The van der Waals surface area contributed by atoms with Gasteiger partial charge in [-0.2, -0.15) is 4.39 Å². The van der Waals surface area contributed by atoms with Gasteiger partial charge in [0.1, 0.15) is 5.75 Å². The molecule has 4 nitrogen and oxygen atoms in total. The molecule has 0 amide bonds. The van der Waals surface area contributed by atoms with E-state index in [4.69, 9.17) is 4.74 Å². The zero-order valence-corrected chi connectivity index (χ0v) is 14.9. The molecule has 1 saturated carbocycles. The van der Waals surface area contributed by atoms with E-state index < -0.39 is 5.95 Å². The van der Waals surface area contributed by atoms with E-state index in [9.17, 15) is 4.39 Å². The maximum absolute atomic E-state index is 13.4. The van der Waals surface area contributed by atoms with E-state index in [0.29, 0.717) is 12.1 Å². The first-order valence-electron chi connectivity index (χ1n) is 8.89. The lowest BCUT2D eigenvalue weighted by atomic mass is 9.91. The Hall–Kier alpha value is -1.98. The summed E-state index contributed by atoms with van der Waals surface area (Å²) in [7, 11) is 3.72. The fourth-order valence-corrected chi connectivity index (χ4v) is 3.52. The summed E-state index contributed by atoms with van der Waals surface area (Å²) in [5.74, 6) is 0.393. The molecule has 1 heterocycles. The summed E-state index contributed by atoms with van der Waals surface area (Å²) in [6, 6.07) is 10.4. The van der Waals surface area contributed by atoms with Crippen LogP contribution in [0.25, 0.3) is 11.1 Å². The van der Waals surface area contributed by atoms with Crippen LogP contribution in [0.4, 0.5) is 4.39 Å². The summed E-state index contributed by atoms with van der Waals surface area (Å²) in [4.78, 5) is 3.62. The number of benzene rings is 1. The second-order valence-corrected chi connectivity index (χ2v) is 6.61. The Morgan fingerprint density at radius 3 is 2.48 bits per heavy atom. The first kappa shape index (κ1) is 17.8. The summed E-state index contributed by atoms with van der Waals surface area (Å²) < 4.78 is 18.9. The van der Waals surface area contributed by atoms with Crippen LogP contribution >= 0.6 is 0 Å². The van der Waals surface area contributed by atoms with E-state index >= 15 is 0 Å². The highest BCUT2D eigenvalue weighted by atomic mass is 19.1. The van der Waals surface area contributed by atoms with Gasteiger partial charge in [-0.25, -0.2) is 4.98 Å². The van der Waals surface area contributed by atoms with Crippen LogP contribution in [0.5, 0.6) is 5.75 Å². The highest BCUT2D eigenvalue weighted by Gasteiger charge is 2.19. The summed E-state index contributed by atoms with van der Waals surface area (Å²) in [5, 5.41) is 7.02. The molecule has 2 aromatic rings. The molecule has 0 bridgehead atoms. The average Bonchev–Trinajstić information content (AvgIpc) is 2.66. The van der Waals surface area contributed by atoms with Gasteiger partial charge < -0.3 is 15.4 Å². The van der Waals surface area contributed by atoms with Gasteiger partial charge in [0.15, 0.2) is 0 Å². The van der Waals surface area contributed by atoms with Gasteiger partial charge in [-0.05, 0) is 62.1 Å². The molecule has 3 rings (SSSR count). The predicted molar refractivity (Wildman–Crippen MR) is 98.1 cm³/mol. The largest absolute Gasteiger partial charge is 0.496 e. The fourth-order valence-electron chi connectivity index (χ4n) is 3.52. The van der Waals surface area contributed by atoms with E-state index in [1.807, 2.05) is 25.2 Å². The Kier molecular flexibility index (Phi) is 6.00. The Labute approximate surface area is 148 Å². The first-order chi connectivity index (χ1) is 12.2. The molecule has 0 spiro atoms. The molecule has 0 unspecified atom stereocenters. The van der Waals surface area contributed by atoms with E-state index in [2.05, 4.69) is 21.7 Å². The zero-order chi connectivity index (χ0) is 17.6. The number of aromatic nitrogens is 1. The van der Waals surface area contributed by atoms with E-state index in [1.165, 1.54) is 37.9 Å². The molecule has 1 aromatic heterocycles. The van der Waals surface area contributed by atoms with Crippen molar-refractivity contribution < 1.29 is 9.13 Å². The van der Waals surface area contributed by atoms with Crippen LogP contribution in [-0.4, -0.2) is 31.2 Å². The van der Waals surface area contributed by atoms with E-state index in [1.54, 1.807) is 7.11 Å². The van der Waals surface area contributed by atoms with Gasteiger partial charge in [0, 0.05) is 36.5 Å². The van der Waals surface area contributed by atoms with Gasteiger partial charge in [-0.15, -0.1) is 0 Å². The third-order valence-electron chi connectivity index (χ3n) is 5.06. The summed E-state index contributed by atoms with van der Waals surface area (Å²) >= 11 is 0. The number of nitrogens with zero attached hydrogens (tertiary/aromatic N) is 1. The Morgan fingerprint density at radius 2 is 1.80 bits per heavy atom. The predicted octanol–water partition coefficient (Wildman–Crippen LogP) is 3.52. The third-order valence-corrected chi connectivity index (χ3v) is 5.06. The molecule has 1 aliphatic rings. The van der Waals surface area contributed by atoms with Crippen molar-refractivity contribution in [2.75, 3.05) is 14.2 Å². The maximum Gasteiger partial charge on any atom is 0.213 e. The van der Waals surface area contributed by atoms with Gasteiger partial charge >= 0.3 is 0 Å². The lowest BCUT2D eigenvalue weighted by molar-refractivity contribution is 0.315.